The zero-order valence-electron chi connectivity index (χ0n) is 11.5. The first kappa shape index (κ1) is 12.9. The molecule has 1 aromatic rings. The van der Waals surface area contributed by atoms with Crippen LogP contribution in [-0.4, -0.2) is 43.1 Å². The molecule has 0 radical (unpaired) electrons. The molecule has 0 bridgehead atoms. The van der Waals surface area contributed by atoms with Crippen molar-refractivity contribution in [1.82, 2.24) is 15.5 Å². The molecule has 1 aromatic heterocycles. The van der Waals surface area contributed by atoms with Crippen molar-refractivity contribution < 1.29 is 0 Å². The van der Waals surface area contributed by atoms with Crippen molar-refractivity contribution in [2.24, 2.45) is 4.99 Å². The van der Waals surface area contributed by atoms with Crippen LogP contribution in [0.3, 0.4) is 0 Å². The number of guanidine groups is 1. The summed E-state index contributed by atoms with van der Waals surface area (Å²) in [5.74, 6) is 0.978. The van der Waals surface area contributed by atoms with Crippen LogP contribution in [0.5, 0.6) is 0 Å². The maximum atomic E-state index is 4.45. The van der Waals surface area contributed by atoms with Crippen molar-refractivity contribution in [3.8, 4) is 0 Å². The van der Waals surface area contributed by atoms with Gasteiger partial charge in [0, 0.05) is 43.6 Å². The van der Waals surface area contributed by atoms with Gasteiger partial charge < -0.3 is 10.6 Å². The molecule has 5 heteroatoms. The fraction of sp³-hybridized carbons (Fsp3) is 0.643. The van der Waals surface area contributed by atoms with Crippen molar-refractivity contribution >= 4 is 17.3 Å². The van der Waals surface area contributed by atoms with Crippen LogP contribution in [0.1, 0.15) is 23.8 Å². The number of aliphatic imine (C=N–C) groups is 1. The molecule has 104 valence electrons. The van der Waals surface area contributed by atoms with Crippen LogP contribution in [0.15, 0.2) is 16.4 Å². The average molecular weight is 278 g/mol. The van der Waals surface area contributed by atoms with Crippen molar-refractivity contribution in [3.05, 3.63) is 21.9 Å². The van der Waals surface area contributed by atoms with Crippen molar-refractivity contribution in [2.45, 2.75) is 32.4 Å². The molecule has 4 nitrogen and oxygen atoms in total. The van der Waals surface area contributed by atoms with Crippen LogP contribution in [-0.2, 0) is 13.0 Å². The number of nitrogens with zero attached hydrogens (tertiary/aromatic N) is 2. The van der Waals surface area contributed by atoms with Crippen molar-refractivity contribution in [3.63, 3.8) is 0 Å². The summed E-state index contributed by atoms with van der Waals surface area (Å²) < 4.78 is 0. The first-order chi connectivity index (χ1) is 9.33. The van der Waals surface area contributed by atoms with Gasteiger partial charge in [0.15, 0.2) is 5.96 Å². The second-order valence-corrected chi connectivity index (χ2v) is 6.33. The van der Waals surface area contributed by atoms with Gasteiger partial charge in [-0.3, -0.25) is 9.89 Å². The summed E-state index contributed by atoms with van der Waals surface area (Å²) in [6, 6.07) is 2.82. The third kappa shape index (κ3) is 3.09. The van der Waals surface area contributed by atoms with E-state index < -0.39 is 0 Å². The number of nitrogens with one attached hydrogen (secondary N) is 2. The minimum Gasteiger partial charge on any atom is -0.356 e. The molecule has 1 unspecified atom stereocenters. The molecule has 0 saturated carbocycles. The van der Waals surface area contributed by atoms with E-state index in [1.54, 1.807) is 4.88 Å². The monoisotopic (exact) mass is 278 g/mol. The number of hydrogen-bond acceptors (Lipinski definition) is 5. The fourth-order valence-corrected chi connectivity index (χ4v) is 3.56. The van der Waals surface area contributed by atoms with E-state index in [9.17, 15) is 0 Å². The Morgan fingerprint density at radius 3 is 3.37 bits per heavy atom. The van der Waals surface area contributed by atoms with Crippen LogP contribution in [0.2, 0.25) is 0 Å². The molecule has 2 aliphatic rings. The first-order valence-corrected chi connectivity index (χ1v) is 8.02. The highest BCUT2D eigenvalue weighted by atomic mass is 32.1. The quantitative estimate of drug-likeness (QED) is 0.879. The van der Waals surface area contributed by atoms with E-state index in [2.05, 4.69) is 38.9 Å². The lowest BCUT2D eigenvalue weighted by molar-refractivity contribution is 0.192. The highest BCUT2D eigenvalue weighted by Crippen LogP contribution is 2.24. The molecule has 0 fully saturated rings. The van der Waals surface area contributed by atoms with E-state index in [0.29, 0.717) is 6.04 Å². The standard InChI is InChI=1S/C14H22N4S/c1-11(9-17-14-15-5-2-6-16-14)18-7-3-13-12(10-18)4-8-19-13/h4,8,11H,2-3,5-7,9-10H2,1H3,(H2,15,16,17). The van der Waals surface area contributed by atoms with E-state index in [-0.39, 0.29) is 0 Å². The van der Waals surface area contributed by atoms with E-state index in [4.69, 9.17) is 0 Å². The third-order valence-electron chi connectivity index (χ3n) is 3.92. The SMILES string of the molecule is CC(CNC1=NCCCN1)N1CCc2sccc2C1. The van der Waals surface area contributed by atoms with E-state index >= 15 is 0 Å². The largest absolute Gasteiger partial charge is 0.356 e. The lowest BCUT2D eigenvalue weighted by Gasteiger charge is -2.33. The molecule has 2 aliphatic heterocycles. The molecule has 0 spiro atoms. The molecule has 0 aliphatic carbocycles. The Bertz CT molecular complexity index is 454. The van der Waals surface area contributed by atoms with Crippen LogP contribution in [0.25, 0.3) is 0 Å². The Morgan fingerprint density at radius 1 is 1.58 bits per heavy atom. The van der Waals surface area contributed by atoms with Gasteiger partial charge in [0.1, 0.15) is 0 Å². The fourth-order valence-electron chi connectivity index (χ4n) is 2.67. The molecule has 0 saturated heterocycles. The van der Waals surface area contributed by atoms with Gasteiger partial charge in [-0.25, -0.2) is 0 Å². The Labute approximate surface area is 118 Å². The van der Waals surface area contributed by atoms with Crippen LogP contribution in [0, 0.1) is 0 Å². The molecule has 1 atom stereocenters. The lowest BCUT2D eigenvalue weighted by Crippen LogP contribution is -2.48. The molecular formula is C14H22N4S. The second kappa shape index (κ2) is 5.92. The third-order valence-corrected chi connectivity index (χ3v) is 4.95. The zero-order valence-corrected chi connectivity index (χ0v) is 12.3. The maximum Gasteiger partial charge on any atom is 0.191 e. The minimum absolute atomic E-state index is 0.541. The van der Waals surface area contributed by atoms with Gasteiger partial charge in [-0.2, -0.15) is 0 Å². The molecule has 3 heterocycles. The Balaban J connectivity index is 1.51. The van der Waals surface area contributed by atoms with Gasteiger partial charge in [-0.1, -0.05) is 0 Å². The molecule has 0 amide bonds. The molecule has 2 N–H and O–H groups in total. The average Bonchev–Trinajstić information content (AvgIpc) is 2.93. The second-order valence-electron chi connectivity index (χ2n) is 5.33. The first-order valence-electron chi connectivity index (χ1n) is 7.14. The summed E-state index contributed by atoms with van der Waals surface area (Å²) in [4.78, 5) is 8.59. The summed E-state index contributed by atoms with van der Waals surface area (Å²) in [7, 11) is 0. The highest BCUT2D eigenvalue weighted by Gasteiger charge is 2.21. The van der Waals surface area contributed by atoms with Crippen LogP contribution in [0.4, 0.5) is 0 Å². The Kier molecular flexibility index (Phi) is 4.03. The zero-order chi connectivity index (χ0) is 13.1. The number of rotatable bonds is 3. The number of hydrogen-bond donors (Lipinski definition) is 2. The van der Waals surface area contributed by atoms with Gasteiger partial charge in [-0.05, 0) is 36.8 Å². The molecule has 0 aromatic carbocycles. The van der Waals surface area contributed by atoms with Crippen molar-refractivity contribution in [2.75, 3.05) is 26.2 Å². The maximum absolute atomic E-state index is 4.45. The molecule has 19 heavy (non-hydrogen) atoms. The summed E-state index contributed by atoms with van der Waals surface area (Å²) >= 11 is 1.90. The topological polar surface area (TPSA) is 39.7 Å². The molecule has 3 rings (SSSR count). The van der Waals surface area contributed by atoms with Crippen LogP contribution < -0.4 is 10.6 Å². The van der Waals surface area contributed by atoms with Gasteiger partial charge in [0.2, 0.25) is 0 Å². The Hall–Kier alpha value is -1.07. The predicted molar refractivity (Wildman–Crippen MR) is 80.8 cm³/mol. The number of fused-ring (bicyclic) bond motifs is 1. The normalized spacial score (nSPS) is 21.2. The summed E-state index contributed by atoms with van der Waals surface area (Å²) in [5, 5.41) is 8.97. The van der Waals surface area contributed by atoms with E-state index in [0.717, 1.165) is 38.6 Å². The minimum atomic E-state index is 0.541. The summed E-state index contributed by atoms with van der Waals surface area (Å²) in [6.45, 7) is 7.53. The summed E-state index contributed by atoms with van der Waals surface area (Å²) in [6.07, 6.45) is 2.35. The van der Waals surface area contributed by atoms with E-state index in [1.807, 2.05) is 11.3 Å². The highest BCUT2D eigenvalue weighted by molar-refractivity contribution is 7.10. The predicted octanol–water partition coefficient (Wildman–Crippen LogP) is 1.43. The van der Waals surface area contributed by atoms with E-state index in [1.165, 1.54) is 18.5 Å². The lowest BCUT2D eigenvalue weighted by atomic mass is 10.1. The van der Waals surface area contributed by atoms with Gasteiger partial charge in [0.05, 0.1) is 0 Å². The van der Waals surface area contributed by atoms with Crippen LogP contribution >= 0.6 is 11.3 Å². The number of thiophene rings is 1. The van der Waals surface area contributed by atoms with Gasteiger partial charge >= 0.3 is 0 Å². The summed E-state index contributed by atoms with van der Waals surface area (Å²) in [5.41, 5.74) is 1.52. The Morgan fingerprint density at radius 2 is 2.53 bits per heavy atom. The smallest absolute Gasteiger partial charge is 0.191 e. The van der Waals surface area contributed by atoms with Crippen molar-refractivity contribution in [1.29, 1.82) is 0 Å². The van der Waals surface area contributed by atoms with Gasteiger partial charge in [-0.15, -0.1) is 11.3 Å². The molecular weight excluding hydrogens is 256 g/mol. The van der Waals surface area contributed by atoms with Gasteiger partial charge in [0.25, 0.3) is 0 Å².